The van der Waals surface area contributed by atoms with E-state index in [4.69, 9.17) is 4.74 Å². The number of benzene rings is 2. The highest BCUT2D eigenvalue weighted by atomic mass is 16.5. The lowest BCUT2D eigenvalue weighted by atomic mass is 9.97. The van der Waals surface area contributed by atoms with Crippen molar-refractivity contribution in [2.24, 2.45) is 11.8 Å². The first-order valence-corrected chi connectivity index (χ1v) is 12.0. The Morgan fingerprint density at radius 1 is 1.00 bits per heavy atom. The average molecular weight is 467 g/mol. The first-order chi connectivity index (χ1) is 16.4. The molecule has 34 heavy (non-hydrogen) atoms. The lowest BCUT2D eigenvalue weighted by Crippen LogP contribution is -2.51. The van der Waals surface area contributed by atoms with Gasteiger partial charge in [0.05, 0.1) is 5.92 Å². The molecule has 3 rings (SSSR count). The second kappa shape index (κ2) is 11.7. The van der Waals surface area contributed by atoms with Gasteiger partial charge in [-0.1, -0.05) is 82.1 Å². The summed E-state index contributed by atoms with van der Waals surface area (Å²) in [5, 5.41) is 14.7. The Hall–Kier alpha value is -3.35. The fraction of sp³-hybridized carbons (Fsp3) is 0.444. The maximum absolute atomic E-state index is 12.8. The van der Waals surface area contributed by atoms with E-state index in [9.17, 15) is 19.5 Å². The molecule has 0 fully saturated rings. The van der Waals surface area contributed by atoms with Crippen LogP contribution < -0.4 is 10.6 Å². The van der Waals surface area contributed by atoms with Gasteiger partial charge in [0.2, 0.25) is 5.91 Å². The molecule has 7 heteroatoms. The Morgan fingerprint density at radius 2 is 1.59 bits per heavy atom. The van der Waals surface area contributed by atoms with Crippen molar-refractivity contribution in [3.05, 3.63) is 59.7 Å². The SMILES string of the molecule is CCCC(CNC(=O)[C@@H](NC(=O)OCC1c2ccccc2-c2ccccc21)[C@@H](C)CC)C(=O)O. The minimum atomic E-state index is -0.938. The molecule has 0 aliphatic heterocycles. The van der Waals surface area contributed by atoms with Gasteiger partial charge in [-0.2, -0.15) is 0 Å². The number of carbonyl (C=O) groups is 3. The maximum Gasteiger partial charge on any atom is 0.407 e. The predicted molar refractivity (Wildman–Crippen MR) is 130 cm³/mol. The van der Waals surface area contributed by atoms with Gasteiger partial charge in [0.15, 0.2) is 0 Å². The van der Waals surface area contributed by atoms with E-state index < -0.39 is 29.9 Å². The molecule has 2 aromatic rings. The van der Waals surface area contributed by atoms with Gasteiger partial charge in [0.25, 0.3) is 0 Å². The third kappa shape index (κ3) is 5.76. The van der Waals surface area contributed by atoms with Crippen molar-refractivity contribution >= 4 is 18.0 Å². The molecule has 1 aliphatic carbocycles. The predicted octanol–water partition coefficient (Wildman–Crippen LogP) is 4.56. The van der Waals surface area contributed by atoms with E-state index in [1.165, 1.54) is 0 Å². The summed E-state index contributed by atoms with van der Waals surface area (Å²) in [6, 6.07) is 15.4. The van der Waals surface area contributed by atoms with Crippen LogP contribution in [0.2, 0.25) is 0 Å². The third-order valence-corrected chi connectivity index (χ3v) is 6.62. The number of alkyl carbamates (subject to hydrolysis) is 1. The zero-order valence-electron chi connectivity index (χ0n) is 20.0. The molecule has 3 atom stereocenters. The Kier molecular flexibility index (Phi) is 8.68. The van der Waals surface area contributed by atoms with E-state index in [-0.39, 0.29) is 25.0 Å². The van der Waals surface area contributed by atoms with Crippen molar-refractivity contribution in [1.82, 2.24) is 10.6 Å². The molecule has 0 bridgehead atoms. The van der Waals surface area contributed by atoms with E-state index in [2.05, 4.69) is 22.8 Å². The van der Waals surface area contributed by atoms with Crippen LogP contribution in [0.15, 0.2) is 48.5 Å². The van der Waals surface area contributed by atoms with Gasteiger partial charge in [-0.25, -0.2) is 4.79 Å². The Bertz CT molecular complexity index is 976. The van der Waals surface area contributed by atoms with Gasteiger partial charge in [0.1, 0.15) is 12.6 Å². The minimum absolute atomic E-state index is 0.0291. The van der Waals surface area contributed by atoms with Crippen molar-refractivity contribution in [1.29, 1.82) is 0 Å². The lowest BCUT2D eigenvalue weighted by Gasteiger charge is -2.24. The Labute approximate surface area is 200 Å². The summed E-state index contributed by atoms with van der Waals surface area (Å²) in [6.07, 6.45) is 1.19. The molecule has 0 heterocycles. The van der Waals surface area contributed by atoms with Gasteiger partial charge >= 0.3 is 12.1 Å². The average Bonchev–Trinajstić information content (AvgIpc) is 3.16. The highest BCUT2D eigenvalue weighted by Crippen LogP contribution is 2.44. The van der Waals surface area contributed by atoms with E-state index in [1.807, 2.05) is 57.2 Å². The number of hydrogen-bond donors (Lipinski definition) is 3. The van der Waals surface area contributed by atoms with Crippen LogP contribution in [-0.2, 0) is 14.3 Å². The number of amides is 2. The van der Waals surface area contributed by atoms with Crippen molar-refractivity contribution < 1.29 is 24.2 Å². The van der Waals surface area contributed by atoms with Gasteiger partial charge in [-0.3, -0.25) is 9.59 Å². The Balaban J connectivity index is 1.63. The number of nitrogens with one attached hydrogen (secondary N) is 2. The number of carboxylic acids is 1. The van der Waals surface area contributed by atoms with E-state index in [0.29, 0.717) is 19.3 Å². The second-order valence-corrected chi connectivity index (χ2v) is 8.90. The van der Waals surface area contributed by atoms with Crippen LogP contribution in [0, 0.1) is 11.8 Å². The molecular weight excluding hydrogens is 432 g/mol. The second-order valence-electron chi connectivity index (χ2n) is 8.90. The van der Waals surface area contributed by atoms with Crippen molar-refractivity contribution in [2.75, 3.05) is 13.2 Å². The van der Waals surface area contributed by atoms with Crippen molar-refractivity contribution in [2.45, 2.75) is 52.0 Å². The number of ether oxygens (including phenoxy) is 1. The normalized spacial score (nSPS) is 14.9. The van der Waals surface area contributed by atoms with Crippen LogP contribution in [-0.4, -0.2) is 42.3 Å². The number of fused-ring (bicyclic) bond motifs is 3. The van der Waals surface area contributed by atoms with E-state index in [0.717, 1.165) is 22.3 Å². The third-order valence-electron chi connectivity index (χ3n) is 6.62. The van der Waals surface area contributed by atoms with Gasteiger partial charge in [-0.15, -0.1) is 0 Å². The summed E-state index contributed by atoms with van der Waals surface area (Å²) < 4.78 is 5.59. The summed E-state index contributed by atoms with van der Waals surface area (Å²) in [5.74, 6) is -2.20. The molecule has 0 saturated carbocycles. The highest BCUT2D eigenvalue weighted by molar-refractivity contribution is 5.86. The zero-order valence-corrected chi connectivity index (χ0v) is 20.0. The number of aliphatic carboxylic acids is 1. The van der Waals surface area contributed by atoms with Crippen LogP contribution in [0.3, 0.4) is 0 Å². The van der Waals surface area contributed by atoms with Crippen molar-refractivity contribution in [3.63, 3.8) is 0 Å². The summed E-state index contributed by atoms with van der Waals surface area (Å²) in [6.45, 7) is 5.89. The number of carboxylic acid groups (broad SMARTS) is 1. The van der Waals surface area contributed by atoms with Gasteiger partial charge < -0.3 is 20.5 Å². The fourth-order valence-corrected chi connectivity index (χ4v) is 4.46. The lowest BCUT2D eigenvalue weighted by molar-refractivity contribution is -0.142. The fourth-order valence-electron chi connectivity index (χ4n) is 4.46. The maximum atomic E-state index is 12.8. The molecule has 0 spiro atoms. The monoisotopic (exact) mass is 466 g/mol. The van der Waals surface area contributed by atoms with Crippen LogP contribution in [0.5, 0.6) is 0 Å². The molecule has 1 unspecified atom stereocenters. The summed E-state index contributed by atoms with van der Waals surface area (Å²) in [4.78, 5) is 36.9. The van der Waals surface area contributed by atoms with E-state index in [1.54, 1.807) is 0 Å². The highest BCUT2D eigenvalue weighted by Gasteiger charge is 2.31. The molecule has 2 amide bonds. The molecule has 2 aromatic carbocycles. The molecule has 3 N–H and O–H groups in total. The van der Waals surface area contributed by atoms with Crippen LogP contribution in [0.1, 0.15) is 57.1 Å². The van der Waals surface area contributed by atoms with Crippen molar-refractivity contribution in [3.8, 4) is 11.1 Å². The van der Waals surface area contributed by atoms with Crippen LogP contribution >= 0.6 is 0 Å². The van der Waals surface area contributed by atoms with Gasteiger partial charge in [0, 0.05) is 12.5 Å². The number of hydrogen-bond acceptors (Lipinski definition) is 4. The summed E-state index contributed by atoms with van der Waals surface area (Å²) in [7, 11) is 0. The molecular formula is C27H34N2O5. The topological polar surface area (TPSA) is 105 Å². The molecule has 182 valence electrons. The molecule has 1 aliphatic rings. The summed E-state index contributed by atoms with van der Waals surface area (Å²) >= 11 is 0. The smallest absolute Gasteiger partial charge is 0.407 e. The first-order valence-electron chi connectivity index (χ1n) is 12.0. The largest absolute Gasteiger partial charge is 0.481 e. The quantitative estimate of drug-likeness (QED) is 0.450. The minimum Gasteiger partial charge on any atom is -0.481 e. The molecule has 0 aromatic heterocycles. The molecule has 7 nitrogen and oxygen atoms in total. The molecule has 0 radical (unpaired) electrons. The van der Waals surface area contributed by atoms with Crippen LogP contribution in [0.25, 0.3) is 11.1 Å². The number of rotatable bonds is 11. The Morgan fingerprint density at radius 3 is 2.12 bits per heavy atom. The summed E-state index contributed by atoms with van der Waals surface area (Å²) in [5.41, 5.74) is 4.51. The van der Waals surface area contributed by atoms with E-state index >= 15 is 0 Å². The zero-order chi connectivity index (χ0) is 24.7. The van der Waals surface area contributed by atoms with Crippen LogP contribution in [0.4, 0.5) is 4.79 Å². The van der Waals surface area contributed by atoms with Gasteiger partial charge in [-0.05, 0) is 34.6 Å². The number of carbonyl (C=O) groups excluding carboxylic acids is 2. The molecule has 0 saturated heterocycles. The standard InChI is InChI=1S/C27H34N2O5/c1-4-10-18(26(31)32)15-28-25(30)24(17(3)5-2)29-27(33)34-16-23-21-13-8-6-11-19(21)20-12-7-9-14-22(20)23/h6-9,11-14,17-18,23-24H,4-5,10,15-16H2,1-3H3,(H,28,30)(H,29,33)(H,31,32)/t17-,18?,24-/m0/s1. The first kappa shape index (κ1) is 25.3.